The lowest BCUT2D eigenvalue weighted by molar-refractivity contribution is -0.0831. The lowest BCUT2D eigenvalue weighted by Gasteiger charge is -2.19. The van der Waals surface area contributed by atoms with Crippen LogP contribution in [0.1, 0.15) is 0 Å². The topological polar surface area (TPSA) is 93.5 Å². The van der Waals surface area contributed by atoms with Crippen molar-refractivity contribution in [3.8, 4) is 0 Å². The monoisotopic (exact) mass is 164 g/mol. The van der Waals surface area contributed by atoms with Crippen LogP contribution in [0.3, 0.4) is 0 Å². The molecule has 1 fully saturated rings. The number of ether oxygens (including phenoxy) is 1. The number of hydrogen-bond donors (Lipinski definition) is 4. The van der Waals surface area contributed by atoms with Gasteiger partial charge in [0.15, 0.2) is 0 Å². The Kier molecular flexibility index (Phi) is 2.80. The molecule has 0 spiro atoms. The van der Waals surface area contributed by atoms with E-state index in [0.29, 0.717) is 6.61 Å². The second-order valence-corrected chi connectivity index (χ2v) is 2.60. The minimum atomic E-state index is -1.33. The van der Waals surface area contributed by atoms with Crippen LogP contribution in [-0.2, 0) is 4.74 Å². The Morgan fingerprint density at radius 1 is 1.36 bits per heavy atom. The first-order valence-corrected chi connectivity index (χ1v) is 3.43. The number of aliphatic hydroxyl groups is 4. The molecule has 66 valence electrons. The van der Waals surface area contributed by atoms with Gasteiger partial charge in [0.2, 0.25) is 0 Å². The molecule has 4 unspecified atom stereocenters. The van der Waals surface area contributed by atoms with Gasteiger partial charge in [-0.05, 0) is 0 Å². The van der Waals surface area contributed by atoms with Crippen molar-refractivity contribution in [2.45, 2.75) is 24.4 Å². The van der Waals surface area contributed by atoms with Crippen LogP contribution in [0, 0.1) is 0 Å². The molecule has 1 aliphatic rings. The fourth-order valence-corrected chi connectivity index (χ4v) is 0.808. The van der Waals surface area contributed by atoms with Gasteiger partial charge in [-0.1, -0.05) is 0 Å². The predicted molar refractivity (Wildman–Crippen MR) is 34.8 cm³/mol. The molecule has 1 aliphatic heterocycles. The summed E-state index contributed by atoms with van der Waals surface area (Å²) in [4.78, 5) is 0. The van der Waals surface area contributed by atoms with E-state index in [2.05, 4.69) is 4.74 Å². The zero-order valence-electron chi connectivity index (χ0n) is 5.92. The zero-order chi connectivity index (χ0) is 8.43. The molecule has 0 saturated carbocycles. The fraction of sp³-hybridized carbons (Fsp3) is 1.00. The number of rotatable bonds is 4. The normalized spacial score (nSPS) is 31.1. The first-order valence-electron chi connectivity index (χ1n) is 3.43. The van der Waals surface area contributed by atoms with Gasteiger partial charge >= 0.3 is 0 Å². The van der Waals surface area contributed by atoms with E-state index in [0.717, 1.165) is 0 Å². The van der Waals surface area contributed by atoms with Crippen LogP contribution in [0.25, 0.3) is 0 Å². The Bertz CT molecular complexity index is 124. The third-order valence-corrected chi connectivity index (χ3v) is 1.67. The molecule has 1 rings (SSSR count). The maximum Gasteiger partial charge on any atom is 0.111 e. The molecule has 0 aromatic carbocycles. The van der Waals surface area contributed by atoms with E-state index in [1.807, 2.05) is 0 Å². The maximum absolute atomic E-state index is 9.11. The molecule has 5 nitrogen and oxygen atoms in total. The maximum atomic E-state index is 9.11. The Morgan fingerprint density at radius 3 is 2.27 bits per heavy atom. The van der Waals surface area contributed by atoms with Gasteiger partial charge in [-0.25, -0.2) is 0 Å². The van der Waals surface area contributed by atoms with Gasteiger partial charge in [0.05, 0.1) is 13.2 Å². The first-order chi connectivity index (χ1) is 5.16. The lowest BCUT2D eigenvalue weighted by Crippen LogP contribution is -2.42. The average Bonchev–Trinajstić information content (AvgIpc) is 2.82. The van der Waals surface area contributed by atoms with Crippen molar-refractivity contribution in [1.29, 1.82) is 0 Å². The van der Waals surface area contributed by atoms with Gasteiger partial charge in [-0.3, -0.25) is 0 Å². The van der Waals surface area contributed by atoms with E-state index in [9.17, 15) is 0 Å². The van der Waals surface area contributed by atoms with Gasteiger partial charge in [0.25, 0.3) is 0 Å². The molecular formula is C6H12O5. The molecule has 0 aromatic heterocycles. The van der Waals surface area contributed by atoms with Crippen LogP contribution in [0.4, 0.5) is 0 Å². The molecule has 11 heavy (non-hydrogen) atoms. The van der Waals surface area contributed by atoms with Crippen LogP contribution in [0.5, 0.6) is 0 Å². The summed E-state index contributed by atoms with van der Waals surface area (Å²) in [7, 11) is 0. The molecule has 0 amide bonds. The van der Waals surface area contributed by atoms with Crippen molar-refractivity contribution in [2.24, 2.45) is 0 Å². The van der Waals surface area contributed by atoms with E-state index in [-0.39, 0.29) is 6.10 Å². The minimum absolute atomic E-state index is 0.383. The van der Waals surface area contributed by atoms with E-state index in [4.69, 9.17) is 20.4 Å². The van der Waals surface area contributed by atoms with Gasteiger partial charge in [0.1, 0.15) is 24.4 Å². The summed E-state index contributed by atoms with van der Waals surface area (Å²) < 4.78 is 4.68. The van der Waals surface area contributed by atoms with E-state index < -0.39 is 24.9 Å². The largest absolute Gasteiger partial charge is 0.394 e. The average molecular weight is 164 g/mol. The van der Waals surface area contributed by atoms with Crippen LogP contribution >= 0.6 is 0 Å². The van der Waals surface area contributed by atoms with Crippen molar-refractivity contribution in [3.05, 3.63) is 0 Å². The summed E-state index contributed by atoms with van der Waals surface area (Å²) >= 11 is 0. The van der Waals surface area contributed by atoms with Crippen molar-refractivity contribution >= 4 is 0 Å². The van der Waals surface area contributed by atoms with Gasteiger partial charge in [0, 0.05) is 0 Å². The molecule has 0 aliphatic carbocycles. The fourth-order valence-electron chi connectivity index (χ4n) is 0.808. The summed E-state index contributed by atoms with van der Waals surface area (Å²) in [6.07, 6.45) is -4.11. The Balaban J connectivity index is 2.31. The van der Waals surface area contributed by atoms with E-state index in [1.54, 1.807) is 0 Å². The third-order valence-electron chi connectivity index (χ3n) is 1.67. The van der Waals surface area contributed by atoms with Gasteiger partial charge < -0.3 is 25.2 Å². The molecule has 0 bridgehead atoms. The summed E-state index contributed by atoms with van der Waals surface area (Å²) in [6, 6.07) is 0. The Morgan fingerprint density at radius 2 is 1.91 bits per heavy atom. The van der Waals surface area contributed by atoms with Crippen molar-refractivity contribution in [2.75, 3.05) is 13.2 Å². The van der Waals surface area contributed by atoms with E-state index in [1.165, 1.54) is 0 Å². The number of hydrogen-bond acceptors (Lipinski definition) is 5. The predicted octanol–water partition coefficient (Wildman–Crippen LogP) is -2.54. The summed E-state index contributed by atoms with van der Waals surface area (Å²) in [5, 5.41) is 35.4. The molecule has 0 aromatic rings. The molecule has 4 atom stereocenters. The summed E-state index contributed by atoms with van der Waals surface area (Å²) in [5.41, 5.74) is 0. The van der Waals surface area contributed by atoms with Gasteiger partial charge in [-0.2, -0.15) is 0 Å². The van der Waals surface area contributed by atoms with Crippen LogP contribution in [0.15, 0.2) is 0 Å². The second-order valence-electron chi connectivity index (χ2n) is 2.60. The minimum Gasteiger partial charge on any atom is -0.394 e. The van der Waals surface area contributed by atoms with Crippen molar-refractivity contribution < 1.29 is 25.2 Å². The molecule has 1 heterocycles. The SMILES string of the molecule is OCC(O)C(O)C(O)C1CO1. The van der Waals surface area contributed by atoms with E-state index >= 15 is 0 Å². The van der Waals surface area contributed by atoms with Crippen LogP contribution < -0.4 is 0 Å². The van der Waals surface area contributed by atoms with Crippen LogP contribution in [-0.4, -0.2) is 58.1 Å². The number of epoxide rings is 1. The summed E-state index contributed by atoms with van der Waals surface area (Å²) in [5.74, 6) is 0. The van der Waals surface area contributed by atoms with Crippen molar-refractivity contribution in [1.82, 2.24) is 0 Å². The molecule has 0 radical (unpaired) electrons. The number of aliphatic hydroxyl groups excluding tert-OH is 4. The highest BCUT2D eigenvalue weighted by Gasteiger charge is 2.38. The highest BCUT2D eigenvalue weighted by Crippen LogP contribution is 2.17. The molecule has 1 saturated heterocycles. The first kappa shape index (κ1) is 8.89. The summed E-state index contributed by atoms with van der Waals surface area (Å²) in [6.45, 7) is -0.165. The third kappa shape index (κ3) is 2.11. The van der Waals surface area contributed by atoms with Gasteiger partial charge in [-0.15, -0.1) is 0 Å². The Hall–Kier alpha value is -0.200. The highest BCUT2D eigenvalue weighted by atomic mass is 16.6. The molecule has 4 N–H and O–H groups in total. The zero-order valence-corrected chi connectivity index (χ0v) is 5.92. The molecule has 5 heteroatoms. The second kappa shape index (κ2) is 3.46. The van der Waals surface area contributed by atoms with Crippen molar-refractivity contribution in [3.63, 3.8) is 0 Å². The lowest BCUT2D eigenvalue weighted by atomic mass is 10.1. The molecular weight excluding hydrogens is 152 g/mol. The highest BCUT2D eigenvalue weighted by molar-refractivity contribution is 4.87. The smallest absolute Gasteiger partial charge is 0.111 e. The Labute approximate surface area is 63.8 Å². The quantitative estimate of drug-likeness (QED) is 0.343. The van der Waals surface area contributed by atoms with Crippen LogP contribution in [0.2, 0.25) is 0 Å². The standard InChI is InChI=1S/C6H12O5/c7-1-3(8)5(9)6(10)4-2-11-4/h3-10H,1-2H2.